The minimum atomic E-state index is 0.174. The highest BCUT2D eigenvalue weighted by Gasteiger charge is 2.39. The van der Waals surface area contributed by atoms with Gasteiger partial charge in [0, 0.05) is 13.0 Å². The van der Waals surface area contributed by atoms with Crippen LogP contribution in [0.2, 0.25) is 0 Å². The summed E-state index contributed by atoms with van der Waals surface area (Å²) in [6, 6.07) is 12.7. The third-order valence-corrected chi connectivity index (χ3v) is 4.48. The molecule has 2 aromatic carbocycles. The van der Waals surface area contributed by atoms with E-state index in [1.165, 1.54) is 16.3 Å². The molecule has 116 valence electrons. The van der Waals surface area contributed by atoms with Crippen molar-refractivity contribution in [2.75, 3.05) is 13.7 Å². The highest BCUT2D eigenvalue weighted by Crippen LogP contribution is 2.49. The Hall–Kier alpha value is -2.03. The Bertz CT molecular complexity index is 680. The fourth-order valence-corrected chi connectivity index (χ4v) is 3.14. The second kappa shape index (κ2) is 6.39. The standard InChI is InChI=1S/C19H23NO2/c1-3-5-19(21)20-12-14-10-17(14)16-7-4-6-13-8-9-15(22-2)11-18(13)16/h4,6-9,11,14,17H,3,5,10,12H2,1-2H3,(H,20,21). The minimum absolute atomic E-state index is 0.174. The average Bonchev–Trinajstić information content (AvgIpc) is 3.31. The predicted octanol–water partition coefficient (Wildman–Crippen LogP) is 3.87. The van der Waals surface area contributed by atoms with Crippen LogP contribution in [0.4, 0.5) is 0 Å². The van der Waals surface area contributed by atoms with E-state index in [4.69, 9.17) is 4.74 Å². The monoisotopic (exact) mass is 297 g/mol. The van der Waals surface area contributed by atoms with Crippen LogP contribution in [0.5, 0.6) is 5.75 Å². The van der Waals surface area contributed by atoms with Crippen LogP contribution in [0.3, 0.4) is 0 Å². The van der Waals surface area contributed by atoms with Crippen LogP contribution in [0.1, 0.15) is 37.7 Å². The van der Waals surface area contributed by atoms with Gasteiger partial charge >= 0.3 is 0 Å². The summed E-state index contributed by atoms with van der Waals surface area (Å²) in [5, 5.41) is 5.57. The van der Waals surface area contributed by atoms with Gasteiger partial charge in [-0.05, 0) is 53.1 Å². The number of carbonyl (C=O) groups is 1. The molecule has 1 saturated carbocycles. The molecule has 1 aliphatic carbocycles. The van der Waals surface area contributed by atoms with E-state index in [1.54, 1.807) is 7.11 Å². The zero-order valence-corrected chi connectivity index (χ0v) is 13.3. The summed E-state index contributed by atoms with van der Waals surface area (Å²) < 4.78 is 5.35. The molecule has 1 aliphatic rings. The van der Waals surface area contributed by atoms with Crippen molar-refractivity contribution in [1.29, 1.82) is 0 Å². The van der Waals surface area contributed by atoms with Gasteiger partial charge in [0.2, 0.25) is 5.91 Å². The Balaban J connectivity index is 1.73. The molecule has 0 radical (unpaired) electrons. The summed E-state index contributed by atoms with van der Waals surface area (Å²) in [6.07, 6.45) is 2.69. The van der Waals surface area contributed by atoms with Gasteiger partial charge in [-0.25, -0.2) is 0 Å². The minimum Gasteiger partial charge on any atom is -0.497 e. The van der Waals surface area contributed by atoms with E-state index < -0.39 is 0 Å². The van der Waals surface area contributed by atoms with Crippen LogP contribution in [0, 0.1) is 5.92 Å². The number of hydrogen-bond donors (Lipinski definition) is 1. The number of ether oxygens (including phenoxy) is 1. The largest absolute Gasteiger partial charge is 0.497 e. The van der Waals surface area contributed by atoms with E-state index in [-0.39, 0.29) is 5.91 Å². The zero-order chi connectivity index (χ0) is 15.5. The molecule has 22 heavy (non-hydrogen) atoms. The molecule has 1 N–H and O–H groups in total. The number of nitrogens with one attached hydrogen (secondary N) is 1. The average molecular weight is 297 g/mol. The molecule has 1 amide bonds. The van der Waals surface area contributed by atoms with Gasteiger partial charge < -0.3 is 10.1 Å². The Morgan fingerprint density at radius 1 is 1.32 bits per heavy atom. The molecule has 0 spiro atoms. The number of hydrogen-bond acceptors (Lipinski definition) is 2. The van der Waals surface area contributed by atoms with Crippen LogP contribution in [-0.2, 0) is 4.79 Å². The molecule has 0 saturated heterocycles. The SMILES string of the molecule is CCCC(=O)NCC1CC1c1cccc2ccc(OC)cc12. The molecule has 0 bridgehead atoms. The summed E-state index contributed by atoms with van der Waals surface area (Å²) >= 11 is 0. The molecule has 0 aliphatic heterocycles. The van der Waals surface area contributed by atoms with Crippen LogP contribution in [-0.4, -0.2) is 19.6 Å². The molecule has 2 aromatic rings. The van der Waals surface area contributed by atoms with Crippen LogP contribution in [0.25, 0.3) is 10.8 Å². The van der Waals surface area contributed by atoms with Crippen molar-refractivity contribution in [3.8, 4) is 5.75 Å². The maximum Gasteiger partial charge on any atom is 0.219 e. The molecule has 1 fully saturated rings. The Morgan fingerprint density at radius 2 is 2.18 bits per heavy atom. The third-order valence-electron chi connectivity index (χ3n) is 4.48. The van der Waals surface area contributed by atoms with Crippen molar-refractivity contribution in [2.24, 2.45) is 5.92 Å². The number of benzene rings is 2. The summed E-state index contributed by atoms with van der Waals surface area (Å²) in [5.41, 5.74) is 1.38. The smallest absolute Gasteiger partial charge is 0.219 e. The quantitative estimate of drug-likeness (QED) is 0.879. The van der Waals surface area contributed by atoms with Gasteiger partial charge in [0.1, 0.15) is 5.75 Å². The van der Waals surface area contributed by atoms with Gasteiger partial charge in [-0.1, -0.05) is 31.2 Å². The third kappa shape index (κ3) is 3.08. The van der Waals surface area contributed by atoms with Crippen molar-refractivity contribution in [3.63, 3.8) is 0 Å². The molecule has 3 nitrogen and oxygen atoms in total. The normalized spacial score (nSPS) is 19.9. The maximum atomic E-state index is 11.6. The van der Waals surface area contributed by atoms with E-state index in [0.717, 1.165) is 25.1 Å². The highest BCUT2D eigenvalue weighted by molar-refractivity contribution is 5.88. The number of fused-ring (bicyclic) bond motifs is 1. The maximum absolute atomic E-state index is 11.6. The first kappa shape index (κ1) is 14.9. The lowest BCUT2D eigenvalue weighted by Gasteiger charge is -2.09. The van der Waals surface area contributed by atoms with Gasteiger partial charge in [0.05, 0.1) is 7.11 Å². The lowest BCUT2D eigenvalue weighted by Crippen LogP contribution is -2.25. The number of carbonyl (C=O) groups excluding carboxylic acids is 1. The summed E-state index contributed by atoms with van der Waals surface area (Å²) in [6.45, 7) is 2.83. The zero-order valence-electron chi connectivity index (χ0n) is 13.3. The topological polar surface area (TPSA) is 38.3 Å². The van der Waals surface area contributed by atoms with Crippen LogP contribution < -0.4 is 10.1 Å². The molecular formula is C19H23NO2. The summed E-state index contributed by atoms with van der Waals surface area (Å²) in [7, 11) is 1.70. The van der Waals surface area contributed by atoms with Crippen LogP contribution in [0.15, 0.2) is 36.4 Å². The van der Waals surface area contributed by atoms with Gasteiger partial charge in [-0.2, -0.15) is 0 Å². The summed E-state index contributed by atoms with van der Waals surface area (Å²) in [5.74, 6) is 2.19. The van der Waals surface area contributed by atoms with Crippen molar-refractivity contribution < 1.29 is 9.53 Å². The Labute approximate surface area is 131 Å². The van der Waals surface area contributed by atoms with Crippen molar-refractivity contribution in [2.45, 2.75) is 32.1 Å². The lowest BCUT2D eigenvalue weighted by atomic mass is 10.00. The highest BCUT2D eigenvalue weighted by atomic mass is 16.5. The van der Waals surface area contributed by atoms with Gasteiger partial charge in [-0.15, -0.1) is 0 Å². The molecule has 2 atom stereocenters. The fourth-order valence-electron chi connectivity index (χ4n) is 3.14. The number of amides is 1. The van der Waals surface area contributed by atoms with Crippen molar-refractivity contribution >= 4 is 16.7 Å². The lowest BCUT2D eigenvalue weighted by molar-refractivity contribution is -0.121. The van der Waals surface area contributed by atoms with Gasteiger partial charge in [0.25, 0.3) is 0 Å². The first-order valence-corrected chi connectivity index (χ1v) is 8.06. The fraction of sp³-hybridized carbons (Fsp3) is 0.421. The van der Waals surface area contributed by atoms with Gasteiger partial charge in [-0.3, -0.25) is 4.79 Å². The van der Waals surface area contributed by atoms with Gasteiger partial charge in [0.15, 0.2) is 0 Å². The second-order valence-corrected chi connectivity index (χ2v) is 6.09. The van der Waals surface area contributed by atoms with E-state index in [2.05, 4.69) is 35.6 Å². The van der Waals surface area contributed by atoms with E-state index >= 15 is 0 Å². The molecule has 0 heterocycles. The molecule has 2 unspecified atom stereocenters. The first-order valence-electron chi connectivity index (χ1n) is 8.06. The number of rotatable bonds is 6. The van der Waals surface area contributed by atoms with Crippen molar-refractivity contribution in [3.05, 3.63) is 42.0 Å². The molecule has 0 aromatic heterocycles. The Morgan fingerprint density at radius 3 is 2.95 bits per heavy atom. The predicted molar refractivity (Wildman–Crippen MR) is 89.3 cm³/mol. The Kier molecular flexibility index (Phi) is 4.32. The number of methoxy groups -OCH3 is 1. The second-order valence-electron chi connectivity index (χ2n) is 6.09. The van der Waals surface area contributed by atoms with Crippen LogP contribution >= 0.6 is 0 Å². The van der Waals surface area contributed by atoms with E-state index in [0.29, 0.717) is 18.3 Å². The summed E-state index contributed by atoms with van der Waals surface area (Å²) in [4.78, 5) is 11.6. The molecular weight excluding hydrogens is 274 g/mol. The first-order chi connectivity index (χ1) is 10.7. The van der Waals surface area contributed by atoms with E-state index in [1.807, 2.05) is 13.0 Å². The molecule has 3 rings (SSSR count). The van der Waals surface area contributed by atoms with Crippen molar-refractivity contribution in [1.82, 2.24) is 5.32 Å². The van der Waals surface area contributed by atoms with E-state index in [9.17, 15) is 4.79 Å². The molecule has 3 heteroatoms.